The van der Waals surface area contributed by atoms with E-state index >= 15 is 4.79 Å². The van der Waals surface area contributed by atoms with Gasteiger partial charge in [0.1, 0.15) is 0 Å². The largest absolute Gasteiger partial charge is 0.341 e. The number of carbonyl (C=O) groups is 3. The summed E-state index contributed by atoms with van der Waals surface area (Å²) in [5, 5.41) is 6.69. The SMILES string of the molecule is CCCCc1ccc(N(CC(CC)CCCC)c2ccc(C3=C(C)/C(=C4C=C/C(=[N+](\CC(CC)CCCC)c5ccc(CCCC)cc5)C=C\4NC(=O)C(C)(C)CC)C3=O)c(NC(=O)C(C)(C)CC)c2)cc1. The molecule has 7 heteroatoms. The van der Waals surface area contributed by atoms with Crippen LogP contribution in [0, 0.1) is 22.7 Å². The van der Waals surface area contributed by atoms with Gasteiger partial charge < -0.3 is 15.5 Å². The van der Waals surface area contributed by atoms with Crippen LogP contribution in [0.25, 0.3) is 5.57 Å². The second-order valence-electron chi connectivity index (χ2n) is 22.1. The van der Waals surface area contributed by atoms with Gasteiger partial charge in [-0.1, -0.05) is 158 Å². The van der Waals surface area contributed by atoms with Crippen molar-refractivity contribution in [2.75, 3.05) is 23.3 Å². The van der Waals surface area contributed by atoms with E-state index < -0.39 is 10.8 Å². The fraction of sp³-hybridized carbons (Fsp3) is 0.538. The quantitative estimate of drug-likeness (QED) is 0.0561. The summed E-state index contributed by atoms with van der Waals surface area (Å²) >= 11 is 0. The molecule has 0 fully saturated rings. The molecule has 2 atom stereocenters. The summed E-state index contributed by atoms with van der Waals surface area (Å²) in [7, 11) is 0. The Morgan fingerprint density at radius 3 is 1.68 bits per heavy atom. The normalized spacial score (nSPS) is 16.6. The van der Waals surface area contributed by atoms with Crippen LogP contribution in [0.4, 0.5) is 22.7 Å². The summed E-state index contributed by atoms with van der Waals surface area (Å²) in [6.45, 7) is 29.2. The van der Waals surface area contributed by atoms with Crippen molar-refractivity contribution in [3.63, 3.8) is 0 Å². The van der Waals surface area contributed by atoms with E-state index in [-0.39, 0.29) is 17.6 Å². The number of carbonyl (C=O) groups excluding carboxylic acids is 3. The van der Waals surface area contributed by atoms with E-state index in [1.54, 1.807) is 0 Å². The molecule has 0 aromatic heterocycles. The van der Waals surface area contributed by atoms with Crippen LogP contribution in [0.3, 0.4) is 0 Å². The highest BCUT2D eigenvalue weighted by atomic mass is 16.2. The molecule has 0 spiro atoms. The molecule has 0 heterocycles. The van der Waals surface area contributed by atoms with Gasteiger partial charge in [0.25, 0.3) is 0 Å². The molecule has 2 unspecified atom stereocenters. The average Bonchev–Trinajstić information content (AvgIpc) is 3.39. The predicted molar refractivity (Wildman–Crippen MR) is 307 cm³/mol. The molecule has 0 aliphatic heterocycles. The van der Waals surface area contributed by atoms with Crippen LogP contribution in [-0.2, 0) is 27.2 Å². The van der Waals surface area contributed by atoms with Crippen molar-refractivity contribution in [3.05, 3.63) is 124 Å². The van der Waals surface area contributed by atoms with E-state index in [9.17, 15) is 9.59 Å². The number of hydrogen-bond acceptors (Lipinski definition) is 4. The minimum Gasteiger partial charge on any atom is -0.341 e. The van der Waals surface area contributed by atoms with Gasteiger partial charge in [0.2, 0.25) is 23.2 Å². The molecule has 3 aromatic rings. The van der Waals surface area contributed by atoms with Crippen LogP contribution >= 0.6 is 0 Å². The summed E-state index contributed by atoms with van der Waals surface area (Å²) < 4.78 is 2.41. The monoisotopic (exact) mass is 978 g/mol. The summed E-state index contributed by atoms with van der Waals surface area (Å²) in [6, 6.07) is 24.3. The lowest BCUT2D eigenvalue weighted by atomic mass is 9.74. The number of benzene rings is 3. The molecule has 7 nitrogen and oxygen atoms in total. The first kappa shape index (κ1) is 57.6. The molecule has 0 radical (unpaired) electrons. The van der Waals surface area contributed by atoms with Gasteiger partial charge in [-0.15, -0.1) is 0 Å². The number of hydrogen-bond donors (Lipinski definition) is 2. The lowest BCUT2D eigenvalue weighted by Gasteiger charge is -2.33. The van der Waals surface area contributed by atoms with Crippen molar-refractivity contribution >= 4 is 51.6 Å². The summed E-state index contributed by atoms with van der Waals surface area (Å²) in [5.74, 6) is 0.700. The lowest BCUT2D eigenvalue weighted by Crippen LogP contribution is -2.38. The molecule has 5 rings (SSSR count). The molecule has 0 bridgehead atoms. The Morgan fingerprint density at radius 2 is 1.15 bits per heavy atom. The van der Waals surface area contributed by atoms with Crippen LogP contribution < -0.4 is 15.5 Å². The topological polar surface area (TPSA) is 81.5 Å². The molecular formula is C65H93N4O3+. The first-order chi connectivity index (χ1) is 34.5. The zero-order chi connectivity index (χ0) is 52.6. The van der Waals surface area contributed by atoms with E-state index in [1.807, 2.05) is 60.6 Å². The third-order valence-corrected chi connectivity index (χ3v) is 16.0. The minimum absolute atomic E-state index is 0.0851. The second kappa shape index (κ2) is 27.1. The van der Waals surface area contributed by atoms with Gasteiger partial charge in [-0.3, -0.25) is 14.4 Å². The highest BCUT2D eigenvalue weighted by Crippen LogP contribution is 2.45. The first-order valence-corrected chi connectivity index (χ1v) is 28.3. The maximum atomic E-state index is 15.1. The van der Waals surface area contributed by atoms with Gasteiger partial charge in [0.15, 0.2) is 12.3 Å². The van der Waals surface area contributed by atoms with Gasteiger partial charge in [0.05, 0.1) is 11.4 Å². The first-order valence-electron chi connectivity index (χ1n) is 28.3. The molecule has 2 N–H and O–H groups in total. The Bertz CT molecular complexity index is 2480. The molecule has 0 saturated carbocycles. The number of unbranched alkanes of at least 4 members (excludes halogenated alkanes) is 4. The number of Topliss-reactive ketones (excluding diaryl/α,β-unsaturated/α-hetero) is 1. The van der Waals surface area contributed by atoms with Crippen LogP contribution in [0.15, 0.2) is 107 Å². The van der Waals surface area contributed by atoms with Crippen molar-refractivity contribution < 1.29 is 19.0 Å². The Morgan fingerprint density at radius 1 is 0.625 bits per heavy atom. The number of rotatable bonds is 28. The van der Waals surface area contributed by atoms with Gasteiger partial charge in [-0.2, -0.15) is 4.58 Å². The number of nitrogens with zero attached hydrogens (tertiary/aromatic N) is 2. The molecule has 2 aliphatic rings. The predicted octanol–water partition coefficient (Wildman–Crippen LogP) is 16.8. The lowest BCUT2D eigenvalue weighted by molar-refractivity contribution is -0.448. The average molecular weight is 978 g/mol. The molecule has 72 heavy (non-hydrogen) atoms. The maximum Gasteiger partial charge on any atom is 0.230 e. The second-order valence-corrected chi connectivity index (χ2v) is 22.1. The van der Waals surface area contributed by atoms with E-state index in [0.717, 1.165) is 118 Å². The van der Waals surface area contributed by atoms with E-state index in [0.29, 0.717) is 58.3 Å². The van der Waals surface area contributed by atoms with Gasteiger partial charge in [-0.05, 0) is 118 Å². The van der Waals surface area contributed by atoms with E-state index in [2.05, 4.69) is 134 Å². The third kappa shape index (κ3) is 14.5. The highest BCUT2D eigenvalue weighted by molar-refractivity contribution is 6.41. The van der Waals surface area contributed by atoms with Gasteiger partial charge >= 0.3 is 0 Å². The van der Waals surface area contributed by atoms with E-state index in [1.165, 1.54) is 24.0 Å². The van der Waals surface area contributed by atoms with E-state index in [4.69, 9.17) is 0 Å². The van der Waals surface area contributed by atoms with Gasteiger partial charge in [0, 0.05) is 81.2 Å². The van der Waals surface area contributed by atoms with Crippen LogP contribution in [0.5, 0.6) is 0 Å². The van der Waals surface area contributed by atoms with Crippen LogP contribution in [-0.4, -0.2) is 41.0 Å². The molecule has 3 aromatic carbocycles. The fourth-order valence-electron chi connectivity index (χ4n) is 9.64. The summed E-state index contributed by atoms with van der Waals surface area (Å²) in [6.07, 6.45) is 23.4. The van der Waals surface area contributed by atoms with Crippen LogP contribution in [0.2, 0.25) is 0 Å². The van der Waals surface area contributed by atoms with Crippen molar-refractivity contribution in [1.82, 2.24) is 5.32 Å². The zero-order valence-electron chi connectivity index (χ0n) is 47.1. The Hall–Kier alpha value is -5.30. The summed E-state index contributed by atoms with van der Waals surface area (Å²) in [4.78, 5) is 45.8. The van der Waals surface area contributed by atoms with Crippen LogP contribution in [0.1, 0.15) is 197 Å². The Balaban J connectivity index is 1.70. The third-order valence-electron chi connectivity index (χ3n) is 16.0. The number of amides is 2. The standard InChI is InChI=1S/C65H92N4O3/c1-14-22-26-47(18-5)44-68(51-34-30-49(31-35-51)28-24-16-3)53-38-40-55(57(42-53)66-62(71)64(10,11)20-7)59-46(9)60(61(59)70)56-41-39-54(43-58(56)67-63(72)65(12,13)21-8)69(45-48(19-6)27-23-15-2)52-36-32-50(33-37-52)29-25-17-4/h30-43,47-48H,14-29,44-45H2,1-13H3,(H,66,67,71,72)/p+1. The Labute approximate surface area is 436 Å². The maximum absolute atomic E-state index is 15.1. The zero-order valence-corrected chi connectivity index (χ0v) is 47.1. The Kier molecular flexibility index (Phi) is 21.7. The molecular weight excluding hydrogens is 885 g/mol. The smallest absolute Gasteiger partial charge is 0.230 e. The van der Waals surface area contributed by atoms with Crippen molar-refractivity contribution in [3.8, 4) is 0 Å². The van der Waals surface area contributed by atoms with Crippen molar-refractivity contribution in [1.29, 1.82) is 0 Å². The highest BCUT2D eigenvalue weighted by Gasteiger charge is 2.39. The molecule has 390 valence electrons. The number of allylic oxidation sites excluding steroid dienone is 6. The molecule has 2 aliphatic carbocycles. The minimum atomic E-state index is -0.627. The van der Waals surface area contributed by atoms with Crippen molar-refractivity contribution in [2.45, 2.75) is 193 Å². The fourth-order valence-corrected chi connectivity index (χ4v) is 9.64. The number of ketones is 1. The van der Waals surface area contributed by atoms with Crippen molar-refractivity contribution in [2.24, 2.45) is 22.7 Å². The molecule has 2 amide bonds. The number of nitrogens with one attached hydrogen (secondary N) is 2. The number of aryl methyl sites for hydroxylation is 2. The molecule has 0 saturated heterocycles. The van der Waals surface area contributed by atoms with Gasteiger partial charge in [-0.25, -0.2) is 0 Å². The number of anilines is 3. The summed E-state index contributed by atoms with van der Waals surface area (Å²) in [5.41, 5.74) is 10.3.